The summed E-state index contributed by atoms with van der Waals surface area (Å²) in [4.78, 5) is 62.1. The number of pyridine rings is 1. The molecule has 1 atom stereocenters. The van der Waals surface area contributed by atoms with E-state index in [4.69, 9.17) is 0 Å². The molecule has 2 heterocycles. The van der Waals surface area contributed by atoms with Gasteiger partial charge in [-0.3, -0.25) is 19.2 Å². The van der Waals surface area contributed by atoms with E-state index in [-0.39, 0.29) is 42.2 Å². The minimum absolute atomic E-state index is 0.0273. The Kier molecular flexibility index (Phi) is 7.58. The number of nitrogens with one attached hydrogen (secondary N) is 3. The Morgan fingerprint density at radius 3 is 2.72 bits per heavy atom. The minimum atomic E-state index is -1.04. The molecule has 0 unspecified atom stereocenters. The van der Waals surface area contributed by atoms with E-state index in [2.05, 4.69) is 30.3 Å². The molecule has 0 aliphatic heterocycles. The number of ether oxygens (including phenoxy) is 1. The smallest absolute Gasteiger partial charge is 0.330 e. The van der Waals surface area contributed by atoms with E-state index in [9.17, 15) is 24.0 Å². The zero-order valence-electron chi connectivity index (χ0n) is 19.6. The van der Waals surface area contributed by atoms with Crippen LogP contribution in [0.3, 0.4) is 0 Å². The number of nitrogens with zero attached hydrogens (tertiary/aromatic N) is 3. The molecule has 3 N–H and O–H groups in total. The quantitative estimate of drug-likeness (QED) is 0.290. The largest absolute Gasteiger partial charge is 0.466 e. The van der Waals surface area contributed by atoms with Crippen LogP contribution in [0, 0.1) is 5.92 Å². The van der Waals surface area contributed by atoms with Gasteiger partial charge in [-0.2, -0.15) is 0 Å². The molecule has 13 heteroatoms. The number of allylic oxidation sites excluding steroid dienone is 1. The molecule has 2 aromatic heterocycles. The maximum atomic E-state index is 13.0. The van der Waals surface area contributed by atoms with Gasteiger partial charge in [0, 0.05) is 23.2 Å². The second kappa shape index (κ2) is 10.8. The minimum Gasteiger partial charge on any atom is -0.466 e. The third kappa shape index (κ3) is 5.85. The van der Waals surface area contributed by atoms with Crippen LogP contribution in [-0.4, -0.2) is 56.5 Å². The van der Waals surface area contributed by atoms with Crippen LogP contribution in [0.2, 0.25) is 0 Å². The van der Waals surface area contributed by atoms with Crippen LogP contribution in [0.25, 0.3) is 0 Å². The van der Waals surface area contributed by atoms with E-state index in [1.807, 2.05) is 0 Å². The molecule has 2 bridgehead atoms. The second-order valence-corrected chi connectivity index (χ2v) is 9.58. The summed E-state index contributed by atoms with van der Waals surface area (Å²) in [6, 6.07) is 1.94. The van der Waals surface area contributed by atoms with Gasteiger partial charge in [0.1, 0.15) is 18.3 Å². The first-order chi connectivity index (χ1) is 17.3. The summed E-state index contributed by atoms with van der Waals surface area (Å²) >= 11 is 0.991. The van der Waals surface area contributed by atoms with Gasteiger partial charge in [0.15, 0.2) is 5.69 Å². The standard InChI is InChI=1S/C23H26N6O6S/c1-35-19(31)7-3-2-5-15(24-21(33)17-13-36-28-27-17)20(32)25-16-6-4-8-29(22(16)34)12-18(30)26-23-9-14(10-23)11-23/h3-4,6-8,13-15H,2,5,9-12H2,1H3,(H,24,33)(H,25,32)(H,26,30)/b7-3+/t14?,15-,23?/m0/s1. The van der Waals surface area contributed by atoms with Gasteiger partial charge in [0.2, 0.25) is 11.8 Å². The third-order valence-corrected chi connectivity index (χ3v) is 6.83. The lowest BCUT2D eigenvalue weighted by molar-refractivity contribution is -0.135. The topological polar surface area (TPSA) is 161 Å². The Bertz CT molecular complexity index is 1220. The number of anilines is 1. The van der Waals surface area contributed by atoms with Crippen LogP contribution in [0.1, 0.15) is 42.6 Å². The molecule has 3 amide bonds. The monoisotopic (exact) mass is 514 g/mol. The van der Waals surface area contributed by atoms with Crippen LogP contribution in [-0.2, 0) is 25.7 Å². The predicted molar refractivity (Wildman–Crippen MR) is 129 cm³/mol. The van der Waals surface area contributed by atoms with Gasteiger partial charge in [-0.05, 0) is 61.7 Å². The fourth-order valence-corrected chi connectivity index (χ4v) is 4.81. The highest BCUT2D eigenvalue weighted by Crippen LogP contribution is 2.56. The Labute approximate surface area is 210 Å². The first-order valence-corrected chi connectivity index (χ1v) is 12.3. The van der Waals surface area contributed by atoms with Crippen molar-refractivity contribution in [2.45, 2.75) is 50.2 Å². The highest BCUT2D eigenvalue weighted by Gasteiger charge is 2.57. The summed E-state index contributed by atoms with van der Waals surface area (Å²) in [5.41, 5.74) is -0.615. The lowest BCUT2D eigenvalue weighted by Gasteiger charge is -2.61. The van der Waals surface area contributed by atoms with Gasteiger partial charge in [-0.25, -0.2) is 4.79 Å². The van der Waals surface area contributed by atoms with Crippen molar-refractivity contribution in [3.63, 3.8) is 0 Å². The van der Waals surface area contributed by atoms with Crippen molar-refractivity contribution in [2.24, 2.45) is 5.92 Å². The average molecular weight is 515 g/mol. The summed E-state index contributed by atoms with van der Waals surface area (Å²) in [5, 5.41) is 13.3. The zero-order valence-corrected chi connectivity index (χ0v) is 20.4. The van der Waals surface area contributed by atoms with Crippen LogP contribution in [0.15, 0.2) is 40.7 Å². The van der Waals surface area contributed by atoms with Crippen LogP contribution in [0.5, 0.6) is 0 Å². The molecule has 2 aromatic rings. The molecule has 0 saturated heterocycles. The van der Waals surface area contributed by atoms with Crippen LogP contribution >= 0.6 is 11.5 Å². The van der Waals surface area contributed by atoms with Crippen molar-refractivity contribution >= 4 is 40.9 Å². The average Bonchev–Trinajstić information content (AvgIpc) is 3.35. The molecular formula is C23H26N6O6S. The van der Waals surface area contributed by atoms with Gasteiger partial charge < -0.3 is 25.3 Å². The zero-order chi connectivity index (χ0) is 25.7. The number of hydrogen-bond donors (Lipinski definition) is 3. The number of methoxy groups -OCH3 is 1. The molecule has 0 spiro atoms. The fourth-order valence-electron chi connectivity index (χ4n) is 4.37. The summed E-state index contributed by atoms with van der Waals surface area (Å²) in [6.07, 6.45) is 7.58. The van der Waals surface area contributed by atoms with Crippen molar-refractivity contribution in [2.75, 3.05) is 12.4 Å². The molecule has 3 fully saturated rings. The van der Waals surface area contributed by atoms with Crippen LogP contribution in [0.4, 0.5) is 5.69 Å². The van der Waals surface area contributed by atoms with E-state index >= 15 is 0 Å². The first kappa shape index (κ1) is 25.2. The second-order valence-electron chi connectivity index (χ2n) is 8.97. The molecule has 3 aliphatic carbocycles. The maximum Gasteiger partial charge on any atom is 0.330 e. The molecule has 5 rings (SSSR count). The van der Waals surface area contributed by atoms with E-state index in [0.29, 0.717) is 5.92 Å². The molecular weight excluding hydrogens is 488 g/mol. The van der Waals surface area contributed by atoms with Crippen molar-refractivity contribution in [1.29, 1.82) is 0 Å². The van der Waals surface area contributed by atoms with Gasteiger partial charge in [0.25, 0.3) is 11.5 Å². The first-order valence-electron chi connectivity index (χ1n) is 11.4. The Hall–Kier alpha value is -3.87. The molecule has 0 aromatic carbocycles. The van der Waals surface area contributed by atoms with Gasteiger partial charge in [-0.15, -0.1) is 5.10 Å². The van der Waals surface area contributed by atoms with Crippen molar-refractivity contribution in [3.8, 4) is 0 Å². The van der Waals surface area contributed by atoms with E-state index < -0.39 is 29.4 Å². The summed E-state index contributed by atoms with van der Waals surface area (Å²) < 4.78 is 9.40. The summed E-state index contributed by atoms with van der Waals surface area (Å²) in [5.74, 6) is -1.32. The number of esters is 1. The van der Waals surface area contributed by atoms with Gasteiger partial charge >= 0.3 is 5.97 Å². The summed E-state index contributed by atoms with van der Waals surface area (Å²) in [6.45, 7) is -0.162. The van der Waals surface area contributed by atoms with E-state index in [1.165, 1.54) is 41.5 Å². The highest BCUT2D eigenvalue weighted by atomic mass is 32.1. The Morgan fingerprint density at radius 1 is 1.31 bits per heavy atom. The molecule has 36 heavy (non-hydrogen) atoms. The maximum absolute atomic E-state index is 13.0. The van der Waals surface area contributed by atoms with Crippen molar-refractivity contribution in [1.82, 2.24) is 24.8 Å². The number of carbonyl (C=O) groups excluding carboxylic acids is 4. The number of rotatable bonds is 11. The van der Waals surface area contributed by atoms with Gasteiger partial charge in [0.05, 0.1) is 7.11 Å². The lowest BCUT2D eigenvalue weighted by atomic mass is 9.50. The lowest BCUT2D eigenvalue weighted by Crippen LogP contribution is -2.68. The molecule has 190 valence electrons. The Morgan fingerprint density at radius 2 is 2.08 bits per heavy atom. The normalized spacial score (nSPS) is 20.5. The SMILES string of the molecule is COC(=O)/C=C/CC[C@H](NC(=O)c1csnn1)C(=O)Nc1cccn(CC(=O)NC23CC(C2)C3)c1=O. The molecule has 12 nitrogen and oxygen atoms in total. The highest BCUT2D eigenvalue weighted by molar-refractivity contribution is 7.03. The molecule has 3 aliphatic rings. The number of carbonyl (C=O) groups is 4. The van der Waals surface area contributed by atoms with Gasteiger partial charge in [-0.1, -0.05) is 10.6 Å². The predicted octanol–water partition coefficient (Wildman–Crippen LogP) is 0.615. The third-order valence-electron chi connectivity index (χ3n) is 6.33. The Balaban J connectivity index is 1.41. The summed E-state index contributed by atoms with van der Waals surface area (Å²) in [7, 11) is 1.25. The van der Waals surface area contributed by atoms with E-state index in [0.717, 1.165) is 30.8 Å². The fraction of sp³-hybridized carbons (Fsp3) is 0.435. The van der Waals surface area contributed by atoms with Crippen molar-refractivity contribution in [3.05, 3.63) is 51.9 Å². The van der Waals surface area contributed by atoms with Crippen molar-refractivity contribution < 1.29 is 23.9 Å². The number of hydrogen-bond acceptors (Lipinski definition) is 9. The molecule has 3 saturated carbocycles. The number of aromatic nitrogens is 3. The van der Waals surface area contributed by atoms with Crippen LogP contribution < -0.4 is 21.5 Å². The number of amides is 3. The van der Waals surface area contributed by atoms with E-state index in [1.54, 1.807) is 6.07 Å². The molecule has 0 radical (unpaired) electrons.